The van der Waals surface area contributed by atoms with Gasteiger partial charge in [-0.1, -0.05) is 46.3 Å². The van der Waals surface area contributed by atoms with Crippen molar-refractivity contribution >= 4 is 15.9 Å². The summed E-state index contributed by atoms with van der Waals surface area (Å²) in [6, 6.07) is 16.5. The standard InChI is InChI=1S/C16H14BrNO3/c17-13-6-7-15(16(10-13)20-9-8-18)21-11-14(19)12-4-2-1-3-5-12/h1-7,10,14,19H,9,11H2. The first-order valence-corrected chi connectivity index (χ1v) is 7.15. The lowest BCUT2D eigenvalue weighted by molar-refractivity contribution is 0.106. The second-order valence-corrected chi connectivity index (χ2v) is 5.19. The highest BCUT2D eigenvalue weighted by molar-refractivity contribution is 9.10. The number of nitriles is 1. The van der Waals surface area contributed by atoms with Gasteiger partial charge < -0.3 is 14.6 Å². The van der Waals surface area contributed by atoms with Crippen LogP contribution in [0.4, 0.5) is 0 Å². The zero-order valence-electron chi connectivity index (χ0n) is 11.2. The van der Waals surface area contributed by atoms with Crippen LogP contribution in [-0.4, -0.2) is 18.3 Å². The zero-order chi connectivity index (χ0) is 15.1. The van der Waals surface area contributed by atoms with Gasteiger partial charge in [0.05, 0.1) is 0 Å². The number of halogens is 1. The lowest BCUT2D eigenvalue weighted by Gasteiger charge is -2.15. The number of aliphatic hydroxyl groups is 1. The van der Waals surface area contributed by atoms with E-state index >= 15 is 0 Å². The minimum Gasteiger partial charge on any atom is -0.487 e. The molecule has 1 unspecified atom stereocenters. The van der Waals surface area contributed by atoms with Gasteiger partial charge in [-0.05, 0) is 23.8 Å². The van der Waals surface area contributed by atoms with Crippen LogP contribution in [-0.2, 0) is 0 Å². The number of benzene rings is 2. The fourth-order valence-corrected chi connectivity index (χ4v) is 2.10. The van der Waals surface area contributed by atoms with E-state index in [2.05, 4.69) is 15.9 Å². The fraction of sp³-hybridized carbons (Fsp3) is 0.188. The molecule has 0 radical (unpaired) electrons. The van der Waals surface area contributed by atoms with Crippen LogP contribution in [0, 0.1) is 11.3 Å². The van der Waals surface area contributed by atoms with Crippen LogP contribution in [0.3, 0.4) is 0 Å². The highest BCUT2D eigenvalue weighted by atomic mass is 79.9. The van der Waals surface area contributed by atoms with Crippen molar-refractivity contribution < 1.29 is 14.6 Å². The maximum Gasteiger partial charge on any atom is 0.174 e. The quantitative estimate of drug-likeness (QED) is 0.868. The average molecular weight is 348 g/mol. The predicted octanol–water partition coefficient (Wildman–Crippen LogP) is 3.46. The highest BCUT2D eigenvalue weighted by Crippen LogP contribution is 2.31. The molecule has 1 atom stereocenters. The van der Waals surface area contributed by atoms with Crippen molar-refractivity contribution in [3.63, 3.8) is 0 Å². The van der Waals surface area contributed by atoms with E-state index in [4.69, 9.17) is 14.7 Å². The second-order valence-electron chi connectivity index (χ2n) is 4.28. The SMILES string of the molecule is N#CCOc1cc(Br)ccc1OCC(O)c1ccccc1. The van der Waals surface area contributed by atoms with Crippen molar-refractivity contribution in [3.8, 4) is 17.6 Å². The average Bonchev–Trinajstić information content (AvgIpc) is 2.52. The zero-order valence-corrected chi connectivity index (χ0v) is 12.8. The van der Waals surface area contributed by atoms with Crippen LogP contribution in [0.25, 0.3) is 0 Å². The summed E-state index contributed by atoms with van der Waals surface area (Å²) in [5.74, 6) is 0.953. The largest absolute Gasteiger partial charge is 0.487 e. The molecule has 0 fully saturated rings. The third kappa shape index (κ3) is 4.48. The van der Waals surface area contributed by atoms with Gasteiger partial charge in [-0.25, -0.2) is 0 Å². The van der Waals surface area contributed by atoms with Gasteiger partial charge in [0.2, 0.25) is 0 Å². The Morgan fingerprint density at radius 1 is 1.10 bits per heavy atom. The molecule has 108 valence electrons. The van der Waals surface area contributed by atoms with E-state index in [1.54, 1.807) is 12.1 Å². The first kappa shape index (κ1) is 15.4. The molecular weight excluding hydrogens is 334 g/mol. The minimum atomic E-state index is -0.723. The molecule has 4 nitrogen and oxygen atoms in total. The molecule has 0 spiro atoms. The molecular formula is C16H14BrNO3. The maximum atomic E-state index is 10.1. The van der Waals surface area contributed by atoms with Gasteiger partial charge in [-0.3, -0.25) is 0 Å². The molecule has 2 aromatic carbocycles. The van der Waals surface area contributed by atoms with E-state index in [-0.39, 0.29) is 13.2 Å². The summed E-state index contributed by atoms with van der Waals surface area (Å²) < 4.78 is 11.7. The van der Waals surface area contributed by atoms with E-state index in [0.29, 0.717) is 11.5 Å². The molecule has 5 heteroatoms. The molecule has 0 amide bonds. The predicted molar refractivity (Wildman–Crippen MR) is 82.1 cm³/mol. The number of aliphatic hydroxyl groups excluding tert-OH is 1. The van der Waals surface area contributed by atoms with Crippen LogP contribution >= 0.6 is 15.9 Å². The van der Waals surface area contributed by atoms with Crippen molar-refractivity contribution in [1.82, 2.24) is 0 Å². The summed E-state index contributed by atoms with van der Waals surface area (Å²) in [6.45, 7) is 0.0443. The van der Waals surface area contributed by atoms with Crippen molar-refractivity contribution in [2.45, 2.75) is 6.10 Å². The van der Waals surface area contributed by atoms with E-state index in [1.807, 2.05) is 42.5 Å². The van der Waals surface area contributed by atoms with Crippen LogP contribution in [0.15, 0.2) is 53.0 Å². The van der Waals surface area contributed by atoms with E-state index < -0.39 is 6.10 Å². The molecule has 1 N–H and O–H groups in total. The monoisotopic (exact) mass is 347 g/mol. The Kier molecular flexibility index (Phi) is 5.61. The van der Waals surface area contributed by atoms with E-state index in [9.17, 15) is 5.11 Å². The molecule has 0 saturated heterocycles. The normalized spacial score (nSPS) is 11.5. The molecule has 2 rings (SSSR count). The molecule has 0 saturated carbocycles. The van der Waals surface area contributed by atoms with Gasteiger partial charge >= 0.3 is 0 Å². The summed E-state index contributed by atoms with van der Waals surface area (Å²) in [5.41, 5.74) is 0.786. The topological polar surface area (TPSA) is 62.5 Å². The smallest absolute Gasteiger partial charge is 0.174 e. The molecule has 21 heavy (non-hydrogen) atoms. The number of hydrogen-bond acceptors (Lipinski definition) is 4. The van der Waals surface area contributed by atoms with Gasteiger partial charge in [0.15, 0.2) is 18.1 Å². The molecule has 2 aromatic rings. The van der Waals surface area contributed by atoms with Crippen molar-refractivity contribution in [1.29, 1.82) is 5.26 Å². The summed E-state index contributed by atoms with van der Waals surface area (Å²) in [6.07, 6.45) is -0.723. The van der Waals surface area contributed by atoms with Crippen LogP contribution in [0.1, 0.15) is 11.7 Å². The number of hydrogen-bond donors (Lipinski definition) is 1. The van der Waals surface area contributed by atoms with Gasteiger partial charge in [-0.15, -0.1) is 0 Å². The van der Waals surface area contributed by atoms with Crippen molar-refractivity contribution in [2.24, 2.45) is 0 Å². The number of rotatable bonds is 6. The van der Waals surface area contributed by atoms with Gasteiger partial charge in [-0.2, -0.15) is 5.26 Å². The van der Waals surface area contributed by atoms with Gasteiger partial charge in [0.1, 0.15) is 18.8 Å². The molecule has 0 aliphatic rings. The van der Waals surface area contributed by atoms with Gasteiger partial charge in [0, 0.05) is 4.47 Å². The fourth-order valence-electron chi connectivity index (χ4n) is 1.76. The number of nitrogens with zero attached hydrogens (tertiary/aromatic N) is 1. The molecule has 0 aliphatic heterocycles. The first-order chi connectivity index (χ1) is 10.2. The van der Waals surface area contributed by atoms with Crippen LogP contribution < -0.4 is 9.47 Å². The number of ether oxygens (including phenoxy) is 2. The highest BCUT2D eigenvalue weighted by Gasteiger charge is 2.11. The second kappa shape index (κ2) is 7.67. The lowest BCUT2D eigenvalue weighted by Crippen LogP contribution is -2.10. The Balaban J connectivity index is 2.04. The molecule has 0 aliphatic carbocycles. The van der Waals surface area contributed by atoms with Crippen molar-refractivity contribution in [2.75, 3.05) is 13.2 Å². The summed E-state index contributed by atoms with van der Waals surface area (Å²) in [4.78, 5) is 0. The summed E-state index contributed by atoms with van der Waals surface area (Å²) in [5, 5.41) is 18.7. The minimum absolute atomic E-state index is 0.0615. The summed E-state index contributed by atoms with van der Waals surface area (Å²) >= 11 is 3.34. The Hall–Kier alpha value is -2.03. The Morgan fingerprint density at radius 2 is 1.86 bits per heavy atom. The van der Waals surface area contributed by atoms with E-state index in [1.165, 1.54) is 0 Å². The Bertz CT molecular complexity index is 625. The Morgan fingerprint density at radius 3 is 2.57 bits per heavy atom. The third-order valence-corrected chi connectivity index (χ3v) is 3.27. The third-order valence-electron chi connectivity index (χ3n) is 2.78. The van der Waals surface area contributed by atoms with Crippen molar-refractivity contribution in [3.05, 3.63) is 58.6 Å². The molecule has 0 heterocycles. The lowest BCUT2D eigenvalue weighted by atomic mass is 10.1. The van der Waals surface area contributed by atoms with E-state index in [0.717, 1.165) is 10.0 Å². The van der Waals surface area contributed by atoms with Crippen LogP contribution in [0.2, 0.25) is 0 Å². The van der Waals surface area contributed by atoms with Crippen LogP contribution in [0.5, 0.6) is 11.5 Å². The molecule has 0 aromatic heterocycles. The maximum absolute atomic E-state index is 10.1. The Labute approximate surface area is 131 Å². The van der Waals surface area contributed by atoms with Gasteiger partial charge in [0.25, 0.3) is 0 Å². The molecule has 0 bridgehead atoms. The first-order valence-electron chi connectivity index (χ1n) is 6.36. The summed E-state index contributed by atoms with van der Waals surface area (Å²) in [7, 11) is 0.